The average molecular weight is 400 g/mol. The summed E-state index contributed by atoms with van der Waals surface area (Å²) in [7, 11) is 1.64. The van der Waals surface area contributed by atoms with Crippen molar-refractivity contribution in [3.63, 3.8) is 0 Å². The third-order valence-electron chi connectivity index (χ3n) is 5.87. The van der Waals surface area contributed by atoms with E-state index in [-0.39, 0.29) is 41.3 Å². The first-order valence-corrected chi connectivity index (χ1v) is 9.95. The number of ether oxygens (including phenoxy) is 1. The van der Waals surface area contributed by atoms with E-state index in [1.165, 1.54) is 17.0 Å². The van der Waals surface area contributed by atoms with Gasteiger partial charge in [0, 0.05) is 26.2 Å². The molecule has 1 aromatic carbocycles. The van der Waals surface area contributed by atoms with Gasteiger partial charge in [0.25, 0.3) is 0 Å². The molecule has 4 rings (SSSR count). The molecule has 154 valence electrons. The van der Waals surface area contributed by atoms with Gasteiger partial charge >= 0.3 is 0 Å². The van der Waals surface area contributed by atoms with Gasteiger partial charge in [-0.1, -0.05) is 18.2 Å². The number of carbonyl (C=O) groups is 2. The van der Waals surface area contributed by atoms with E-state index in [2.05, 4.69) is 27.8 Å². The molecule has 2 N–H and O–H groups in total. The molecule has 3 aliphatic rings. The molecule has 2 aliphatic carbocycles. The van der Waals surface area contributed by atoms with Crippen LogP contribution in [0.1, 0.15) is 6.42 Å². The fourth-order valence-corrected chi connectivity index (χ4v) is 4.59. The Balaban J connectivity index is 1.19. The molecular weight excluding hydrogens is 375 g/mol. The van der Waals surface area contributed by atoms with Crippen LogP contribution in [0.2, 0.25) is 0 Å². The number of benzene rings is 1. The van der Waals surface area contributed by atoms with Crippen LogP contribution < -0.4 is 15.4 Å². The normalized spacial score (nSPS) is 27.5. The van der Waals surface area contributed by atoms with E-state index in [9.17, 15) is 14.0 Å². The molecule has 29 heavy (non-hydrogen) atoms. The molecule has 1 heterocycles. The molecule has 0 radical (unpaired) electrons. The van der Waals surface area contributed by atoms with Crippen LogP contribution in [-0.4, -0.2) is 56.0 Å². The van der Waals surface area contributed by atoms with Gasteiger partial charge in [0.05, 0.1) is 18.4 Å². The Bertz CT molecular complexity index is 826. The van der Waals surface area contributed by atoms with E-state index in [0.717, 1.165) is 6.42 Å². The van der Waals surface area contributed by atoms with Crippen molar-refractivity contribution in [1.82, 2.24) is 15.5 Å². The Morgan fingerprint density at radius 2 is 1.86 bits per heavy atom. The van der Waals surface area contributed by atoms with Crippen LogP contribution in [0.15, 0.2) is 41.4 Å². The Kier molecular flexibility index (Phi) is 5.51. The number of carbonyl (C=O) groups excluding carboxylic acids is 2. The number of allylic oxidation sites excluding steroid dienone is 2. The van der Waals surface area contributed by atoms with Crippen molar-refractivity contribution in [2.45, 2.75) is 6.42 Å². The van der Waals surface area contributed by atoms with Gasteiger partial charge in [0.2, 0.25) is 11.8 Å². The number of amides is 2. The standard InChI is InChI=1S/C21H25FN4O3/c1-23-21(25-8-10-29-16-4-2-3-15(22)12-16)24-7-9-26-19(27)17-13-5-6-14(11-13)18(17)20(26)28/h2-6,12-14,17-18H,7-11H2,1H3,(H2,23,24,25). The smallest absolute Gasteiger partial charge is 0.233 e. The molecule has 8 heteroatoms. The lowest BCUT2D eigenvalue weighted by atomic mass is 9.85. The van der Waals surface area contributed by atoms with Gasteiger partial charge in [-0.3, -0.25) is 19.5 Å². The molecule has 2 bridgehead atoms. The van der Waals surface area contributed by atoms with E-state index < -0.39 is 0 Å². The summed E-state index contributed by atoms with van der Waals surface area (Å²) in [5.74, 6) is 0.745. The lowest BCUT2D eigenvalue weighted by Crippen LogP contribution is -2.44. The molecule has 7 nitrogen and oxygen atoms in total. The van der Waals surface area contributed by atoms with Crippen molar-refractivity contribution >= 4 is 17.8 Å². The number of guanidine groups is 1. The van der Waals surface area contributed by atoms with Gasteiger partial charge < -0.3 is 15.4 Å². The third-order valence-corrected chi connectivity index (χ3v) is 5.87. The van der Waals surface area contributed by atoms with Crippen LogP contribution in [0.4, 0.5) is 4.39 Å². The quantitative estimate of drug-likeness (QED) is 0.236. The van der Waals surface area contributed by atoms with Crippen LogP contribution in [0.25, 0.3) is 0 Å². The number of imide groups is 1. The van der Waals surface area contributed by atoms with Crippen LogP contribution in [0.3, 0.4) is 0 Å². The zero-order valence-electron chi connectivity index (χ0n) is 16.3. The van der Waals surface area contributed by atoms with Gasteiger partial charge in [-0.15, -0.1) is 0 Å². The lowest BCUT2D eigenvalue weighted by molar-refractivity contribution is -0.140. The lowest BCUT2D eigenvalue weighted by Gasteiger charge is -2.18. The van der Waals surface area contributed by atoms with E-state index in [4.69, 9.17) is 4.74 Å². The van der Waals surface area contributed by atoms with Crippen molar-refractivity contribution in [3.8, 4) is 5.75 Å². The molecule has 2 amide bonds. The predicted molar refractivity (Wildman–Crippen MR) is 106 cm³/mol. The number of halogens is 1. The number of hydrogen-bond acceptors (Lipinski definition) is 4. The fourth-order valence-electron chi connectivity index (χ4n) is 4.59. The molecule has 2 fully saturated rings. The molecule has 0 spiro atoms. The highest BCUT2D eigenvalue weighted by molar-refractivity contribution is 6.06. The Morgan fingerprint density at radius 3 is 2.52 bits per heavy atom. The van der Waals surface area contributed by atoms with Crippen molar-refractivity contribution < 1.29 is 18.7 Å². The fraction of sp³-hybridized carbons (Fsp3) is 0.476. The largest absolute Gasteiger partial charge is 0.492 e. The first-order valence-electron chi connectivity index (χ1n) is 9.95. The Hall–Kier alpha value is -2.90. The number of nitrogens with one attached hydrogen (secondary N) is 2. The summed E-state index contributed by atoms with van der Waals surface area (Å²) in [5, 5.41) is 6.20. The second kappa shape index (κ2) is 8.23. The first-order chi connectivity index (χ1) is 14.1. The number of likely N-dealkylation sites (tertiary alicyclic amines) is 1. The van der Waals surface area contributed by atoms with E-state index in [1.807, 2.05) is 0 Å². The van der Waals surface area contributed by atoms with Crippen molar-refractivity contribution in [2.24, 2.45) is 28.7 Å². The van der Waals surface area contributed by atoms with Crippen LogP contribution in [-0.2, 0) is 9.59 Å². The van der Waals surface area contributed by atoms with Gasteiger partial charge in [-0.25, -0.2) is 4.39 Å². The zero-order valence-corrected chi connectivity index (χ0v) is 16.3. The molecule has 1 aromatic rings. The summed E-state index contributed by atoms with van der Waals surface area (Å²) in [4.78, 5) is 30.8. The minimum Gasteiger partial charge on any atom is -0.492 e. The summed E-state index contributed by atoms with van der Waals surface area (Å²) in [6, 6.07) is 5.97. The minimum atomic E-state index is -0.341. The van der Waals surface area contributed by atoms with Gasteiger partial charge in [-0.05, 0) is 30.4 Å². The minimum absolute atomic E-state index is 0.0370. The Labute approximate surface area is 169 Å². The SMILES string of the molecule is CN=C(NCCOc1cccc(F)c1)NCCN1C(=O)C2C3C=CC(C3)C2C1=O. The van der Waals surface area contributed by atoms with Crippen LogP contribution >= 0.6 is 0 Å². The second-order valence-electron chi connectivity index (χ2n) is 7.56. The van der Waals surface area contributed by atoms with Crippen molar-refractivity contribution in [3.05, 3.63) is 42.2 Å². The van der Waals surface area contributed by atoms with Crippen molar-refractivity contribution in [1.29, 1.82) is 0 Å². The zero-order chi connectivity index (χ0) is 20.4. The number of hydrogen-bond donors (Lipinski definition) is 2. The topological polar surface area (TPSA) is 83.0 Å². The maximum Gasteiger partial charge on any atom is 0.233 e. The molecule has 4 atom stereocenters. The molecular formula is C21H25FN4O3. The summed E-state index contributed by atoms with van der Waals surface area (Å²) < 4.78 is 18.6. The summed E-state index contributed by atoms with van der Waals surface area (Å²) in [6.07, 6.45) is 5.13. The number of aliphatic imine (C=N–C) groups is 1. The Morgan fingerprint density at radius 1 is 1.17 bits per heavy atom. The number of fused-ring (bicyclic) bond motifs is 5. The maximum absolute atomic E-state index is 13.1. The predicted octanol–water partition coefficient (Wildman–Crippen LogP) is 1.18. The molecule has 1 saturated heterocycles. The third kappa shape index (κ3) is 3.83. The highest BCUT2D eigenvalue weighted by atomic mass is 19.1. The summed E-state index contributed by atoms with van der Waals surface area (Å²) in [6.45, 7) is 1.55. The summed E-state index contributed by atoms with van der Waals surface area (Å²) in [5.41, 5.74) is 0. The van der Waals surface area contributed by atoms with E-state index in [1.54, 1.807) is 19.2 Å². The number of nitrogens with zero attached hydrogens (tertiary/aromatic N) is 2. The first kappa shape index (κ1) is 19.4. The number of rotatable bonds is 7. The van der Waals surface area contributed by atoms with Crippen molar-refractivity contribution in [2.75, 3.05) is 33.3 Å². The second-order valence-corrected chi connectivity index (χ2v) is 7.56. The van der Waals surface area contributed by atoms with E-state index >= 15 is 0 Å². The monoisotopic (exact) mass is 400 g/mol. The van der Waals surface area contributed by atoms with Crippen LogP contribution in [0, 0.1) is 29.5 Å². The maximum atomic E-state index is 13.1. The van der Waals surface area contributed by atoms with E-state index in [0.29, 0.717) is 38.0 Å². The summed E-state index contributed by atoms with van der Waals surface area (Å²) >= 11 is 0. The molecule has 1 aliphatic heterocycles. The highest BCUT2D eigenvalue weighted by Gasteiger charge is 2.58. The molecule has 0 aromatic heterocycles. The highest BCUT2D eigenvalue weighted by Crippen LogP contribution is 2.52. The molecule has 4 unspecified atom stereocenters. The molecule has 1 saturated carbocycles. The van der Waals surface area contributed by atoms with Gasteiger partial charge in [-0.2, -0.15) is 0 Å². The average Bonchev–Trinajstić information content (AvgIpc) is 3.39. The van der Waals surface area contributed by atoms with Gasteiger partial charge in [0.1, 0.15) is 18.2 Å². The van der Waals surface area contributed by atoms with Gasteiger partial charge in [0.15, 0.2) is 5.96 Å². The van der Waals surface area contributed by atoms with Crippen LogP contribution in [0.5, 0.6) is 5.75 Å².